The number of pyridine rings is 1. The molecule has 0 spiro atoms. The first-order chi connectivity index (χ1) is 14.0. The molecule has 29 heavy (non-hydrogen) atoms. The quantitative estimate of drug-likeness (QED) is 0.376. The largest absolute Gasteiger partial charge is 0.396 e. The fraction of sp³-hybridized carbons (Fsp3) is 0.333. The summed E-state index contributed by atoms with van der Waals surface area (Å²) in [6.07, 6.45) is 0.408. The van der Waals surface area contributed by atoms with Crippen molar-refractivity contribution in [2.45, 2.75) is 34.1 Å². The highest BCUT2D eigenvalue weighted by molar-refractivity contribution is 7.23. The topological polar surface area (TPSA) is 83.5 Å². The third-order valence-corrected chi connectivity index (χ3v) is 4.88. The molecular weight excluding hydrogens is 393 g/mol. The number of aliphatic hydroxyl groups is 1. The van der Waals surface area contributed by atoms with Crippen LogP contribution >= 0.6 is 11.3 Å². The van der Waals surface area contributed by atoms with E-state index in [2.05, 4.69) is 15.8 Å². The molecule has 6 nitrogen and oxygen atoms in total. The summed E-state index contributed by atoms with van der Waals surface area (Å²) in [6, 6.07) is 8.48. The molecule has 0 unspecified atom stereocenters. The minimum absolute atomic E-state index is 0.0278. The normalized spacial score (nSPS) is 10.4. The highest BCUT2D eigenvalue weighted by atomic mass is 32.1. The van der Waals surface area contributed by atoms with Crippen molar-refractivity contribution in [1.29, 1.82) is 0 Å². The molecule has 1 amide bonds. The number of hydroxylamine groups is 1. The SMILES string of the molecule is CC.Cc1ccc(Nc2sc3nc(C)ccc3c2C(=O)NOCCCO)c(F)c1. The standard InChI is InChI=1S/C19H20FN3O3S.C2H6/c1-11-4-7-15(14(20)10-11)22-19-16(17(25)23-26-9-3-8-24)13-6-5-12(2)21-18(13)27-19;1-2/h4-7,10,22,24H,3,8-9H2,1-2H3,(H,23,25);1-2H3. The van der Waals surface area contributed by atoms with Gasteiger partial charge in [0.25, 0.3) is 5.91 Å². The summed E-state index contributed by atoms with van der Waals surface area (Å²) in [5, 5.41) is 12.9. The number of carbonyl (C=O) groups is 1. The van der Waals surface area contributed by atoms with Crippen molar-refractivity contribution < 1.29 is 19.1 Å². The Kier molecular flexibility index (Phi) is 8.50. The molecule has 0 atom stereocenters. The van der Waals surface area contributed by atoms with Crippen molar-refractivity contribution in [3.05, 3.63) is 53.0 Å². The maximum atomic E-state index is 14.3. The Balaban J connectivity index is 0.00000145. The third-order valence-electron chi connectivity index (χ3n) is 3.86. The van der Waals surface area contributed by atoms with Crippen LogP contribution in [0.3, 0.4) is 0 Å². The van der Waals surface area contributed by atoms with E-state index in [1.54, 1.807) is 12.1 Å². The number of carbonyl (C=O) groups excluding carboxylic acids is 1. The van der Waals surface area contributed by atoms with Gasteiger partial charge in [0.2, 0.25) is 0 Å². The van der Waals surface area contributed by atoms with Crippen molar-refractivity contribution in [2.75, 3.05) is 18.5 Å². The van der Waals surface area contributed by atoms with E-state index in [1.165, 1.54) is 17.4 Å². The molecule has 3 rings (SSSR count). The van der Waals surface area contributed by atoms with Gasteiger partial charge in [-0.15, -0.1) is 0 Å². The van der Waals surface area contributed by atoms with Gasteiger partial charge in [-0.25, -0.2) is 14.9 Å². The summed E-state index contributed by atoms with van der Waals surface area (Å²) in [7, 11) is 0. The lowest BCUT2D eigenvalue weighted by molar-refractivity contribution is 0.0264. The molecule has 2 heterocycles. The minimum Gasteiger partial charge on any atom is -0.396 e. The highest BCUT2D eigenvalue weighted by Crippen LogP contribution is 2.37. The Labute approximate surface area is 173 Å². The van der Waals surface area contributed by atoms with E-state index < -0.39 is 11.7 Å². The van der Waals surface area contributed by atoms with Crippen LogP contribution in [0.4, 0.5) is 15.1 Å². The average Bonchev–Trinajstić information content (AvgIpc) is 3.06. The smallest absolute Gasteiger partial charge is 0.278 e. The first-order valence-electron chi connectivity index (χ1n) is 9.46. The number of hydrogen-bond donors (Lipinski definition) is 3. The Bertz CT molecular complexity index is 975. The summed E-state index contributed by atoms with van der Waals surface area (Å²) in [5.41, 5.74) is 4.62. The number of benzene rings is 1. The number of halogens is 1. The number of aromatic nitrogens is 1. The Morgan fingerprint density at radius 1 is 1.24 bits per heavy atom. The predicted octanol–water partition coefficient (Wildman–Crippen LogP) is 4.87. The van der Waals surface area contributed by atoms with Crippen LogP contribution in [-0.4, -0.2) is 29.2 Å². The van der Waals surface area contributed by atoms with Crippen LogP contribution in [0.5, 0.6) is 0 Å². The van der Waals surface area contributed by atoms with E-state index in [0.717, 1.165) is 11.3 Å². The van der Waals surface area contributed by atoms with Crippen molar-refractivity contribution in [3.63, 3.8) is 0 Å². The van der Waals surface area contributed by atoms with Crippen molar-refractivity contribution >= 4 is 38.1 Å². The van der Waals surface area contributed by atoms with Gasteiger partial charge in [0.15, 0.2) is 0 Å². The second-order valence-corrected chi connectivity index (χ2v) is 7.08. The number of hydrogen-bond acceptors (Lipinski definition) is 6. The van der Waals surface area contributed by atoms with Gasteiger partial charge in [0, 0.05) is 17.7 Å². The number of aliphatic hydroxyl groups excluding tert-OH is 1. The molecule has 0 saturated carbocycles. The lowest BCUT2D eigenvalue weighted by Crippen LogP contribution is -2.25. The fourth-order valence-electron chi connectivity index (χ4n) is 2.53. The molecule has 2 aromatic heterocycles. The van der Waals surface area contributed by atoms with Crippen LogP contribution in [-0.2, 0) is 4.84 Å². The van der Waals surface area contributed by atoms with Crippen molar-refractivity contribution in [1.82, 2.24) is 10.5 Å². The third kappa shape index (κ3) is 5.72. The van der Waals surface area contributed by atoms with Gasteiger partial charge < -0.3 is 10.4 Å². The molecule has 0 fully saturated rings. The maximum Gasteiger partial charge on any atom is 0.278 e. The van der Waals surface area contributed by atoms with Crippen molar-refractivity contribution in [3.8, 4) is 0 Å². The average molecular weight is 420 g/mol. The molecule has 0 aliphatic heterocycles. The van der Waals surface area contributed by atoms with E-state index in [9.17, 15) is 9.18 Å². The number of amides is 1. The van der Waals surface area contributed by atoms with E-state index in [4.69, 9.17) is 9.94 Å². The zero-order valence-corrected chi connectivity index (χ0v) is 17.8. The maximum absolute atomic E-state index is 14.3. The molecule has 156 valence electrons. The number of rotatable bonds is 7. The first kappa shape index (κ1) is 22.7. The van der Waals surface area contributed by atoms with Gasteiger partial charge in [-0.05, 0) is 50.1 Å². The van der Waals surface area contributed by atoms with E-state index >= 15 is 0 Å². The van der Waals surface area contributed by atoms with Gasteiger partial charge in [0.1, 0.15) is 15.6 Å². The van der Waals surface area contributed by atoms with Gasteiger partial charge >= 0.3 is 0 Å². The van der Waals surface area contributed by atoms with Gasteiger partial charge in [-0.1, -0.05) is 31.3 Å². The lowest BCUT2D eigenvalue weighted by Gasteiger charge is -2.10. The number of nitrogens with zero attached hydrogens (tertiary/aromatic N) is 1. The van der Waals surface area contributed by atoms with Gasteiger partial charge in [-0.2, -0.15) is 0 Å². The molecule has 0 saturated heterocycles. The zero-order chi connectivity index (χ0) is 21.4. The van der Waals surface area contributed by atoms with E-state index in [1.807, 2.05) is 39.8 Å². The molecule has 0 radical (unpaired) electrons. The summed E-state index contributed by atoms with van der Waals surface area (Å²) in [6.45, 7) is 7.84. The molecule has 1 aromatic carbocycles. The van der Waals surface area contributed by atoms with Gasteiger partial charge in [0.05, 0.1) is 17.9 Å². The molecule has 8 heteroatoms. The second-order valence-electron chi connectivity index (χ2n) is 6.08. The summed E-state index contributed by atoms with van der Waals surface area (Å²) >= 11 is 1.27. The summed E-state index contributed by atoms with van der Waals surface area (Å²) in [4.78, 5) is 22.9. The number of thiophene rings is 1. The number of aryl methyl sites for hydroxylation is 2. The van der Waals surface area contributed by atoms with Crippen LogP contribution in [0.15, 0.2) is 30.3 Å². The van der Waals surface area contributed by atoms with Crippen molar-refractivity contribution in [2.24, 2.45) is 0 Å². The molecule has 3 N–H and O–H groups in total. The highest BCUT2D eigenvalue weighted by Gasteiger charge is 2.21. The zero-order valence-electron chi connectivity index (χ0n) is 17.0. The monoisotopic (exact) mass is 419 g/mol. The number of nitrogens with one attached hydrogen (secondary N) is 2. The molecule has 0 aliphatic rings. The van der Waals surface area contributed by atoms with Crippen LogP contribution in [0.2, 0.25) is 0 Å². The van der Waals surface area contributed by atoms with Gasteiger partial charge in [-0.3, -0.25) is 9.63 Å². The van der Waals surface area contributed by atoms with Crippen LogP contribution in [0, 0.1) is 19.7 Å². The molecule has 0 aliphatic carbocycles. The summed E-state index contributed by atoms with van der Waals surface area (Å²) < 4.78 is 14.3. The lowest BCUT2D eigenvalue weighted by atomic mass is 10.1. The molecule has 3 aromatic rings. The van der Waals surface area contributed by atoms with E-state index in [-0.39, 0.29) is 18.9 Å². The minimum atomic E-state index is -0.458. The van der Waals surface area contributed by atoms with Crippen LogP contribution in [0.1, 0.15) is 41.9 Å². The Morgan fingerprint density at radius 2 is 2.00 bits per heavy atom. The Hall–Kier alpha value is -2.55. The first-order valence-corrected chi connectivity index (χ1v) is 10.3. The fourth-order valence-corrected chi connectivity index (χ4v) is 3.66. The molecule has 0 bridgehead atoms. The van der Waals surface area contributed by atoms with E-state index in [0.29, 0.717) is 27.2 Å². The number of fused-ring (bicyclic) bond motifs is 1. The van der Waals surface area contributed by atoms with Crippen LogP contribution in [0.25, 0.3) is 10.2 Å². The molecular formula is C21H26FN3O3S. The predicted molar refractivity (Wildman–Crippen MR) is 115 cm³/mol. The summed E-state index contributed by atoms with van der Waals surface area (Å²) in [5.74, 6) is -0.859. The Morgan fingerprint density at radius 3 is 2.69 bits per heavy atom. The second kappa shape index (κ2) is 10.8. The van der Waals surface area contributed by atoms with Crippen LogP contribution < -0.4 is 10.8 Å². The number of anilines is 2.